The van der Waals surface area contributed by atoms with Crippen LogP contribution in [0.25, 0.3) is 0 Å². The quantitative estimate of drug-likeness (QED) is 0.228. The number of ether oxygens (including phenoxy) is 5. The summed E-state index contributed by atoms with van der Waals surface area (Å²) in [5.41, 5.74) is -5.74. The third kappa shape index (κ3) is 5.80. The van der Waals surface area contributed by atoms with Gasteiger partial charge >= 0.3 is 29.8 Å². The van der Waals surface area contributed by atoms with Gasteiger partial charge in [0.15, 0.2) is 11.2 Å². The molecule has 1 N–H and O–H groups in total. The van der Waals surface area contributed by atoms with Crippen molar-refractivity contribution in [1.82, 2.24) is 0 Å². The van der Waals surface area contributed by atoms with Crippen LogP contribution in [0.1, 0.15) is 74.7 Å². The van der Waals surface area contributed by atoms with Crippen molar-refractivity contribution in [1.29, 1.82) is 0 Å². The van der Waals surface area contributed by atoms with Crippen LogP contribution >= 0.6 is 0 Å². The summed E-state index contributed by atoms with van der Waals surface area (Å²) >= 11 is 0. The van der Waals surface area contributed by atoms with E-state index in [2.05, 4.69) is 6.58 Å². The molecule has 3 aliphatic carbocycles. The van der Waals surface area contributed by atoms with Crippen molar-refractivity contribution in [3.63, 3.8) is 0 Å². The SMILES string of the molecule is C=C(C)C1C=CC(OC(C)=O)C2(CO)C(OC(=O)CCC)C3C(OC(C)=O)C(C)CC3(OC(C)=O)C(=O)C(C)(OC(C)=O)C12. The van der Waals surface area contributed by atoms with Crippen LogP contribution in [-0.2, 0) is 52.5 Å². The van der Waals surface area contributed by atoms with E-state index in [-0.39, 0.29) is 12.8 Å². The third-order valence-corrected chi connectivity index (χ3v) is 9.16. The minimum absolute atomic E-state index is 0.0586. The summed E-state index contributed by atoms with van der Waals surface area (Å²) in [7, 11) is 0. The zero-order chi connectivity index (χ0) is 33.4. The Bertz CT molecular complexity index is 1250. The van der Waals surface area contributed by atoms with Crippen LogP contribution in [0.3, 0.4) is 0 Å². The van der Waals surface area contributed by atoms with E-state index in [9.17, 15) is 29.1 Å². The lowest BCUT2D eigenvalue weighted by atomic mass is 9.53. The molecule has 0 aromatic heterocycles. The van der Waals surface area contributed by atoms with Crippen LogP contribution in [0.2, 0.25) is 0 Å². The molecule has 0 amide bonds. The lowest BCUT2D eigenvalue weighted by molar-refractivity contribution is -0.224. The fourth-order valence-corrected chi connectivity index (χ4v) is 7.97. The van der Waals surface area contributed by atoms with E-state index < -0.39 is 101 Å². The second-order valence-corrected chi connectivity index (χ2v) is 12.5. The van der Waals surface area contributed by atoms with Gasteiger partial charge in [-0.1, -0.05) is 32.1 Å². The summed E-state index contributed by atoms with van der Waals surface area (Å²) in [4.78, 5) is 79.2. The lowest BCUT2D eigenvalue weighted by Crippen LogP contribution is -2.66. The zero-order valence-corrected chi connectivity index (χ0v) is 26.7. The van der Waals surface area contributed by atoms with Crippen molar-refractivity contribution in [3.8, 4) is 0 Å². The number of Topliss-reactive ketones (excluding diaryl/α,β-unsaturated/α-hetero) is 1. The van der Waals surface area contributed by atoms with Crippen molar-refractivity contribution < 1.29 is 57.6 Å². The monoisotopic (exact) mass is 620 g/mol. The summed E-state index contributed by atoms with van der Waals surface area (Å²) < 4.78 is 29.6. The Balaban J connectivity index is 2.62. The van der Waals surface area contributed by atoms with E-state index in [0.717, 1.165) is 20.8 Å². The van der Waals surface area contributed by atoms with Crippen molar-refractivity contribution >= 4 is 35.6 Å². The highest BCUT2D eigenvalue weighted by Crippen LogP contribution is 2.63. The van der Waals surface area contributed by atoms with Gasteiger partial charge in [0.25, 0.3) is 0 Å². The summed E-state index contributed by atoms with van der Waals surface area (Å²) in [6.07, 6.45) is -0.786. The van der Waals surface area contributed by atoms with Crippen LogP contribution in [0.5, 0.6) is 0 Å². The molecule has 10 atom stereocenters. The molecule has 0 radical (unpaired) electrons. The molecule has 0 spiro atoms. The van der Waals surface area contributed by atoms with Crippen LogP contribution in [-0.4, -0.2) is 76.9 Å². The molecular formula is C32H44O12. The lowest BCUT2D eigenvalue weighted by Gasteiger charge is -2.55. The Morgan fingerprint density at radius 3 is 2.00 bits per heavy atom. The van der Waals surface area contributed by atoms with E-state index in [4.69, 9.17) is 23.7 Å². The molecule has 244 valence electrons. The van der Waals surface area contributed by atoms with Crippen molar-refractivity contribution in [2.24, 2.45) is 29.1 Å². The molecule has 0 saturated heterocycles. The predicted molar refractivity (Wildman–Crippen MR) is 153 cm³/mol. The molecule has 2 saturated carbocycles. The van der Waals surface area contributed by atoms with E-state index in [0.29, 0.717) is 12.0 Å². The maximum atomic E-state index is 15.2. The van der Waals surface area contributed by atoms with E-state index in [1.165, 1.54) is 19.9 Å². The minimum Gasteiger partial charge on any atom is -0.462 e. The van der Waals surface area contributed by atoms with E-state index in [1.807, 2.05) is 0 Å². The topological polar surface area (TPSA) is 169 Å². The predicted octanol–water partition coefficient (Wildman–Crippen LogP) is 2.78. The molecule has 0 aromatic carbocycles. The number of allylic oxidation sites excluding steroid dienone is 2. The molecule has 0 bridgehead atoms. The van der Waals surface area contributed by atoms with Gasteiger partial charge in [0.05, 0.1) is 17.9 Å². The first-order valence-corrected chi connectivity index (χ1v) is 14.8. The number of carbonyl (C=O) groups excluding carboxylic acids is 6. The average molecular weight is 621 g/mol. The minimum atomic E-state index is -2.17. The number of aliphatic hydroxyl groups is 1. The summed E-state index contributed by atoms with van der Waals surface area (Å²) in [6, 6.07) is 0. The van der Waals surface area contributed by atoms with Crippen molar-refractivity contribution in [2.45, 2.75) is 104 Å². The second kappa shape index (κ2) is 12.8. The number of fused-ring (bicyclic) bond motifs is 2. The summed E-state index contributed by atoms with van der Waals surface area (Å²) in [5.74, 6) is -8.85. The normalized spacial score (nSPS) is 37.5. The fourth-order valence-electron chi connectivity index (χ4n) is 7.97. The Morgan fingerprint density at radius 1 is 0.932 bits per heavy atom. The average Bonchev–Trinajstić information content (AvgIpc) is 3.13. The number of esters is 5. The Labute approximate surface area is 257 Å². The van der Waals surface area contributed by atoms with Gasteiger partial charge < -0.3 is 28.8 Å². The highest BCUT2D eigenvalue weighted by atomic mass is 16.6. The number of hydrogen-bond acceptors (Lipinski definition) is 12. The van der Waals surface area contributed by atoms with Gasteiger partial charge in [-0.25, -0.2) is 0 Å². The van der Waals surface area contributed by atoms with Gasteiger partial charge in [0.1, 0.15) is 18.3 Å². The fraction of sp³-hybridized carbons (Fsp3) is 0.688. The Morgan fingerprint density at radius 2 is 1.52 bits per heavy atom. The maximum Gasteiger partial charge on any atom is 0.306 e. The maximum absolute atomic E-state index is 15.2. The van der Waals surface area contributed by atoms with Gasteiger partial charge in [-0.15, -0.1) is 0 Å². The first kappa shape index (κ1) is 34.9. The molecule has 44 heavy (non-hydrogen) atoms. The summed E-state index contributed by atoms with van der Waals surface area (Å²) in [6.45, 7) is 14.2. The number of ketones is 1. The van der Waals surface area contributed by atoms with Crippen LogP contribution in [0.4, 0.5) is 0 Å². The standard InChI is InChI=1S/C32H44O12/c1-10-11-24(38)42-28-25-26(41-19(6)35)17(4)14-32(25,44-21(8)37)29(39)30(9,43-20(7)36)27-22(16(2)3)12-13-23(40-18(5)34)31(27,28)15-33/h12-13,17,22-23,25-28,33H,2,10-11,14-15H2,1,3-9H3. The van der Waals surface area contributed by atoms with Gasteiger partial charge in [-0.3, -0.25) is 28.8 Å². The molecule has 3 rings (SSSR count). The first-order valence-electron chi connectivity index (χ1n) is 14.8. The van der Waals surface area contributed by atoms with Crippen LogP contribution in [0.15, 0.2) is 24.3 Å². The van der Waals surface area contributed by atoms with E-state index in [1.54, 1.807) is 26.8 Å². The largest absolute Gasteiger partial charge is 0.462 e. The van der Waals surface area contributed by atoms with Crippen LogP contribution in [0, 0.1) is 29.1 Å². The molecule has 3 aliphatic rings. The highest BCUT2D eigenvalue weighted by molar-refractivity contribution is 5.99. The van der Waals surface area contributed by atoms with E-state index >= 15 is 4.79 Å². The molecule has 2 fully saturated rings. The molecule has 10 unspecified atom stereocenters. The van der Waals surface area contributed by atoms with Gasteiger partial charge in [-0.2, -0.15) is 0 Å². The molecule has 0 aromatic rings. The first-order chi connectivity index (χ1) is 20.4. The number of aliphatic hydroxyl groups excluding tert-OH is 1. The second-order valence-electron chi connectivity index (χ2n) is 12.5. The molecule has 0 heterocycles. The number of hydrogen-bond donors (Lipinski definition) is 1. The van der Waals surface area contributed by atoms with Crippen molar-refractivity contribution in [2.75, 3.05) is 6.61 Å². The number of carbonyl (C=O) groups is 6. The molecule has 0 aliphatic heterocycles. The Hall–Kier alpha value is -3.54. The zero-order valence-electron chi connectivity index (χ0n) is 26.7. The van der Waals surface area contributed by atoms with Crippen molar-refractivity contribution in [3.05, 3.63) is 24.3 Å². The molecule has 12 heteroatoms. The third-order valence-electron chi connectivity index (χ3n) is 9.16. The number of rotatable bonds is 9. The smallest absolute Gasteiger partial charge is 0.306 e. The highest BCUT2D eigenvalue weighted by Gasteiger charge is 2.79. The molecular weight excluding hydrogens is 576 g/mol. The summed E-state index contributed by atoms with van der Waals surface area (Å²) in [5, 5.41) is 11.6. The van der Waals surface area contributed by atoms with Gasteiger partial charge in [-0.05, 0) is 32.3 Å². The molecule has 12 nitrogen and oxygen atoms in total. The van der Waals surface area contributed by atoms with Gasteiger partial charge in [0.2, 0.25) is 5.78 Å². The van der Waals surface area contributed by atoms with Crippen LogP contribution < -0.4 is 0 Å². The van der Waals surface area contributed by atoms with Gasteiger partial charge in [0, 0.05) is 52.4 Å². The Kier molecular flexibility index (Phi) is 10.2.